The van der Waals surface area contributed by atoms with Gasteiger partial charge in [0.2, 0.25) is 0 Å². The van der Waals surface area contributed by atoms with Gasteiger partial charge >= 0.3 is 0 Å². The summed E-state index contributed by atoms with van der Waals surface area (Å²) < 4.78 is 5.48. The van der Waals surface area contributed by atoms with Crippen LogP contribution in [-0.2, 0) is 4.79 Å². The maximum Gasteiger partial charge on any atom is 0.140 e. The van der Waals surface area contributed by atoms with Crippen LogP contribution in [0.3, 0.4) is 0 Å². The first-order chi connectivity index (χ1) is 11.2. The van der Waals surface area contributed by atoms with Gasteiger partial charge in [0.15, 0.2) is 0 Å². The Morgan fingerprint density at radius 1 is 0.957 bits per heavy atom. The summed E-state index contributed by atoms with van der Waals surface area (Å²) in [6.07, 6.45) is 2.87. The Morgan fingerprint density at radius 2 is 1.57 bits per heavy atom. The molecule has 2 nitrogen and oxygen atoms in total. The fraction of sp³-hybridized carbons (Fsp3) is 0.381. The van der Waals surface area contributed by atoms with Crippen LogP contribution in [0, 0.1) is 5.92 Å². The topological polar surface area (TPSA) is 26.3 Å². The Morgan fingerprint density at radius 3 is 2.13 bits per heavy atom. The van der Waals surface area contributed by atoms with Crippen LogP contribution in [0.4, 0.5) is 0 Å². The number of hydrogen-bond donors (Lipinski definition) is 0. The molecular formula is C21H24O2. The standard InChI is InChI=1S/C21H24O2/c1-3-23-19-11-9-17(10-12-19)16-5-7-18(8-6-16)20-13-4-15(2)14-21(20)22/h5-12,15,20H,3-4,13-14H2,1-2H3/t15-,20+/m1/s1. The molecule has 0 aromatic heterocycles. The van der Waals surface area contributed by atoms with Gasteiger partial charge in [0.1, 0.15) is 11.5 Å². The van der Waals surface area contributed by atoms with Gasteiger partial charge in [0.25, 0.3) is 0 Å². The molecule has 2 aromatic rings. The van der Waals surface area contributed by atoms with Crippen LogP contribution >= 0.6 is 0 Å². The van der Waals surface area contributed by atoms with E-state index < -0.39 is 0 Å². The van der Waals surface area contributed by atoms with Crippen molar-refractivity contribution in [3.63, 3.8) is 0 Å². The first kappa shape index (κ1) is 15.8. The zero-order chi connectivity index (χ0) is 16.2. The summed E-state index contributed by atoms with van der Waals surface area (Å²) in [5.74, 6) is 1.94. The zero-order valence-corrected chi connectivity index (χ0v) is 13.9. The maximum absolute atomic E-state index is 12.2. The minimum absolute atomic E-state index is 0.0978. The van der Waals surface area contributed by atoms with Crippen molar-refractivity contribution in [2.75, 3.05) is 6.61 Å². The summed E-state index contributed by atoms with van der Waals surface area (Å²) in [4.78, 5) is 12.2. The molecule has 120 valence electrons. The number of hydrogen-bond acceptors (Lipinski definition) is 2. The number of ketones is 1. The van der Waals surface area contributed by atoms with Crippen LogP contribution in [0.25, 0.3) is 11.1 Å². The molecule has 0 aliphatic heterocycles. The molecular weight excluding hydrogens is 284 g/mol. The first-order valence-corrected chi connectivity index (χ1v) is 8.53. The van der Waals surface area contributed by atoms with Gasteiger partial charge in [0, 0.05) is 12.3 Å². The molecule has 1 fully saturated rings. The third kappa shape index (κ3) is 3.64. The molecule has 0 radical (unpaired) electrons. The van der Waals surface area contributed by atoms with E-state index in [-0.39, 0.29) is 5.92 Å². The Balaban J connectivity index is 1.75. The minimum Gasteiger partial charge on any atom is -0.494 e. The maximum atomic E-state index is 12.2. The highest BCUT2D eigenvalue weighted by atomic mass is 16.5. The smallest absolute Gasteiger partial charge is 0.140 e. The molecule has 1 aliphatic rings. The summed E-state index contributed by atoms with van der Waals surface area (Å²) in [5.41, 5.74) is 3.51. The SMILES string of the molecule is CCOc1ccc(-c2ccc([C@@H]3CC[C@@H](C)CC3=O)cc2)cc1. The van der Waals surface area contributed by atoms with Gasteiger partial charge in [-0.25, -0.2) is 0 Å². The third-order valence-electron chi connectivity index (χ3n) is 4.70. The second-order valence-electron chi connectivity index (χ2n) is 6.48. The number of benzene rings is 2. The summed E-state index contributed by atoms with van der Waals surface area (Å²) in [6, 6.07) is 16.6. The predicted octanol–water partition coefficient (Wildman–Crippen LogP) is 5.23. The molecule has 3 rings (SSSR count). The van der Waals surface area contributed by atoms with E-state index in [4.69, 9.17) is 4.74 Å². The molecule has 0 spiro atoms. The van der Waals surface area contributed by atoms with E-state index in [0.29, 0.717) is 18.3 Å². The van der Waals surface area contributed by atoms with Crippen LogP contribution < -0.4 is 4.74 Å². The van der Waals surface area contributed by atoms with Gasteiger partial charge in [0.05, 0.1) is 6.61 Å². The average molecular weight is 308 g/mol. The van der Waals surface area contributed by atoms with Crippen molar-refractivity contribution in [1.29, 1.82) is 0 Å². The summed E-state index contributed by atoms with van der Waals surface area (Å²) in [6.45, 7) is 4.84. The van der Waals surface area contributed by atoms with Crippen molar-refractivity contribution < 1.29 is 9.53 Å². The number of Topliss-reactive ketones (excluding diaryl/α,β-unsaturated/α-hetero) is 1. The van der Waals surface area contributed by atoms with Gasteiger partial charge in [-0.3, -0.25) is 4.79 Å². The minimum atomic E-state index is 0.0978. The van der Waals surface area contributed by atoms with Gasteiger partial charge in [-0.05, 0) is 54.5 Å². The number of rotatable bonds is 4. The van der Waals surface area contributed by atoms with E-state index >= 15 is 0 Å². The van der Waals surface area contributed by atoms with Crippen molar-refractivity contribution >= 4 is 5.78 Å². The monoisotopic (exact) mass is 308 g/mol. The predicted molar refractivity (Wildman–Crippen MR) is 93.8 cm³/mol. The average Bonchev–Trinajstić information content (AvgIpc) is 2.56. The van der Waals surface area contributed by atoms with Gasteiger partial charge in [-0.1, -0.05) is 43.3 Å². The Hall–Kier alpha value is -2.09. The second-order valence-corrected chi connectivity index (χ2v) is 6.48. The Labute approximate surface area is 138 Å². The highest BCUT2D eigenvalue weighted by molar-refractivity contribution is 5.86. The largest absolute Gasteiger partial charge is 0.494 e. The Bertz CT molecular complexity index is 655. The molecule has 23 heavy (non-hydrogen) atoms. The Kier molecular flexibility index (Phi) is 4.80. The van der Waals surface area contributed by atoms with E-state index in [2.05, 4.69) is 43.3 Å². The molecule has 0 bridgehead atoms. The van der Waals surface area contributed by atoms with Crippen LogP contribution in [-0.4, -0.2) is 12.4 Å². The van der Waals surface area contributed by atoms with E-state index in [0.717, 1.165) is 30.6 Å². The molecule has 2 heteroatoms. The summed E-state index contributed by atoms with van der Waals surface area (Å²) >= 11 is 0. The van der Waals surface area contributed by atoms with Crippen molar-refractivity contribution in [2.24, 2.45) is 5.92 Å². The van der Waals surface area contributed by atoms with Crippen molar-refractivity contribution in [2.45, 2.75) is 39.0 Å². The molecule has 1 saturated carbocycles. The van der Waals surface area contributed by atoms with Crippen molar-refractivity contribution in [3.8, 4) is 16.9 Å². The van der Waals surface area contributed by atoms with E-state index in [1.54, 1.807) is 0 Å². The van der Waals surface area contributed by atoms with Crippen molar-refractivity contribution in [3.05, 3.63) is 54.1 Å². The van der Waals surface area contributed by atoms with Crippen LogP contribution in [0.15, 0.2) is 48.5 Å². The molecule has 2 aromatic carbocycles. The van der Waals surface area contributed by atoms with Gasteiger partial charge in [-0.2, -0.15) is 0 Å². The summed E-state index contributed by atoms with van der Waals surface area (Å²) in [7, 11) is 0. The molecule has 1 aliphatic carbocycles. The molecule has 0 unspecified atom stereocenters. The van der Waals surface area contributed by atoms with Crippen molar-refractivity contribution in [1.82, 2.24) is 0 Å². The highest BCUT2D eigenvalue weighted by Crippen LogP contribution is 2.34. The van der Waals surface area contributed by atoms with E-state index in [1.807, 2.05) is 19.1 Å². The lowest BCUT2D eigenvalue weighted by Crippen LogP contribution is -2.21. The van der Waals surface area contributed by atoms with E-state index in [1.165, 1.54) is 11.1 Å². The third-order valence-corrected chi connectivity index (χ3v) is 4.70. The second kappa shape index (κ2) is 6.99. The van der Waals surface area contributed by atoms with E-state index in [9.17, 15) is 4.79 Å². The normalized spacial score (nSPS) is 21.2. The van der Waals surface area contributed by atoms with Crippen LogP contribution in [0.1, 0.15) is 44.6 Å². The fourth-order valence-corrected chi connectivity index (χ4v) is 3.37. The van der Waals surface area contributed by atoms with Gasteiger partial charge < -0.3 is 4.74 Å². The number of carbonyl (C=O) groups excluding carboxylic acids is 1. The quantitative estimate of drug-likeness (QED) is 0.773. The molecule has 0 amide bonds. The van der Waals surface area contributed by atoms with Crippen LogP contribution in [0.2, 0.25) is 0 Å². The molecule has 0 heterocycles. The lowest BCUT2D eigenvalue weighted by molar-refractivity contribution is -0.123. The number of carbonyl (C=O) groups is 1. The highest BCUT2D eigenvalue weighted by Gasteiger charge is 2.27. The lowest BCUT2D eigenvalue weighted by Gasteiger charge is -2.25. The van der Waals surface area contributed by atoms with Crippen LogP contribution in [0.5, 0.6) is 5.75 Å². The first-order valence-electron chi connectivity index (χ1n) is 8.53. The molecule has 0 N–H and O–H groups in total. The zero-order valence-electron chi connectivity index (χ0n) is 13.9. The fourth-order valence-electron chi connectivity index (χ4n) is 3.37. The van der Waals surface area contributed by atoms with Gasteiger partial charge in [-0.15, -0.1) is 0 Å². The molecule has 0 saturated heterocycles. The summed E-state index contributed by atoms with van der Waals surface area (Å²) in [5, 5.41) is 0. The lowest BCUT2D eigenvalue weighted by atomic mass is 9.78. The number of ether oxygens (including phenoxy) is 1. The molecule has 2 atom stereocenters.